The van der Waals surface area contributed by atoms with Crippen LogP contribution in [-0.2, 0) is 9.59 Å². The molecule has 1 aliphatic rings. The normalized spacial score (nSPS) is 18.0. The summed E-state index contributed by atoms with van der Waals surface area (Å²) in [5.74, 6) is -1.55. The van der Waals surface area contributed by atoms with Crippen molar-refractivity contribution in [2.75, 3.05) is 19.0 Å². The van der Waals surface area contributed by atoms with Gasteiger partial charge in [0.1, 0.15) is 11.8 Å². The van der Waals surface area contributed by atoms with E-state index in [-0.39, 0.29) is 23.2 Å². The van der Waals surface area contributed by atoms with Gasteiger partial charge in [0.2, 0.25) is 5.91 Å². The molecule has 2 heterocycles. The van der Waals surface area contributed by atoms with Gasteiger partial charge in [0.05, 0.1) is 36.2 Å². The maximum atomic E-state index is 13.0. The van der Waals surface area contributed by atoms with Crippen LogP contribution in [0.3, 0.4) is 0 Å². The Bertz CT molecular complexity index is 1060. The minimum atomic E-state index is -0.837. The number of hydrogen-bond acceptors (Lipinski definition) is 6. The van der Waals surface area contributed by atoms with Crippen LogP contribution >= 0.6 is 0 Å². The van der Waals surface area contributed by atoms with Gasteiger partial charge in [0.25, 0.3) is 0 Å². The van der Waals surface area contributed by atoms with Crippen LogP contribution < -0.4 is 15.8 Å². The molecule has 0 bridgehead atoms. The number of methoxy groups -OCH3 is 1. The summed E-state index contributed by atoms with van der Waals surface area (Å²) in [4.78, 5) is 42.4. The summed E-state index contributed by atoms with van der Waals surface area (Å²) in [6.07, 6.45) is 4.15. The Morgan fingerprint density at radius 3 is 2.71 bits per heavy atom. The number of benzene rings is 1. The number of pyridine rings is 1. The zero-order valence-electron chi connectivity index (χ0n) is 17.3. The van der Waals surface area contributed by atoms with Gasteiger partial charge in [-0.2, -0.15) is 5.26 Å². The highest BCUT2D eigenvalue weighted by Gasteiger charge is 2.34. The SMILES string of the molecule is COc1ccc([C@H]2CC[C@H](C)CN2C(=O)C(=O)Nc2cncc(C(N)=O)c2)cc1C#N. The van der Waals surface area contributed by atoms with Gasteiger partial charge in [-0.25, -0.2) is 0 Å². The smallest absolute Gasteiger partial charge is 0.313 e. The number of carbonyl (C=O) groups is 3. The lowest BCUT2D eigenvalue weighted by molar-refractivity contribution is -0.146. The average Bonchev–Trinajstić information content (AvgIpc) is 2.78. The molecule has 3 N–H and O–H groups in total. The fourth-order valence-corrected chi connectivity index (χ4v) is 3.70. The monoisotopic (exact) mass is 421 g/mol. The van der Waals surface area contributed by atoms with Gasteiger partial charge in [-0.05, 0) is 42.5 Å². The largest absolute Gasteiger partial charge is 0.495 e. The Morgan fingerprint density at radius 1 is 1.26 bits per heavy atom. The van der Waals surface area contributed by atoms with Gasteiger partial charge < -0.3 is 20.7 Å². The molecule has 1 saturated heterocycles. The molecule has 1 aromatic heterocycles. The van der Waals surface area contributed by atoms with E-state index >= 15 is 0 Å². The number of likely N-dealkylation sites (tertiary alicyclic amines) is 1. The summed E-state index contributed by atoms with van der Waals surface area (Å²) in [7, 11) is 1.49. The number of nitrogens with two attached hydrogens (primary N) is 1. The number of nitrogens with zero attached hydrogens (tertiary/aromatic N) is 3. The molecule has 3 amide bonds. The fraction of sp³-hybridized carbons (Fsp3) is 0.318. The Hall–Kier alpha value is -3.93. The number of nitriles is 1. The van der Waals surface area contributed by atoms with E-state index in [1.165, 1.54) is 30.5 Å². The Morgan fingerprint density at radius 2 is 2.03 bits per heavy atom. The van der Waals surface area contributed by atoms with E-state index in [9.17, 15) is 19.6 Å². The number of piperidine rings is 1. The molecule has 1 aromatic carbocycles. The number of nitrogens with one attached hydrogen (secondary N) is 1. The fourth-order valence-electron chi connectivity index (χ4n) is 3.70. The van der Waals surface area contributed by atoms with Gasteiger partial charge >= 0.3 is 11.8 Å². The van der Waals surface area contributed by atoms with E-state index in [0.29, 0.717) is 24.3 Å². The molecule has 0 unspecified atom stereocenters. The first-order valence-corrected chi connectivity index (χ1v) is 9.78. The van der Waals surface area contributed by atoms with Crippen LogP contribution in [0, 0.1) is 17.2 Å². The summed E-state index contributed by atoms with van der Waals surface area (Å²) in [5.41, 5.74) is 6.69. The number of rotatable bonds is 4. The molecule has 9 nitrogen and oxygen atoms in total. The van der Waals surface area contributed by atoms with Gasteiger partial charge in [-0.15, -0.1) is 0 Å². The van der Waals surface area contributed by atoms with Crippen molar-refractivity contribution in [1.29, 1.82) is 5.26 Å². The maximum absolute atomic E-state index is 13.0. The van der Waals surface area contributed by atoms with Crippen LogP contribution in [0.4, 0.5) is 5.69 Å². The highest BCUT2D eigenvalue weighted by molar-refractivity contribution is 6.39. The number of carbonyl (C=O) groups excluding carboxylic acids is 3. The zero-order chi connectivity index (χ0) is 22.5. The summed E-state index contributed by atoms with van der Waals surface area (Å²) < 4.78 is 5.19. The van der Waals surface area contributed by atoms with Crippen LogP contribution in [0.15, 0.2) is 36.7 Å². The Balaban J connectivity index is 1.84. The molecule has 2 atom stereocenters. The zero-order valence-corrected chi connectivity index (χ0v) is 17.3. The van der Waals surface area contributed by atoms with Crippen molar-refractivity contribution in [3.8, 4) is 11.8 Å². The van der Waals surface area contributed by atoms with Gasteiger partial charge in [0, 0.05) is 12.7 Å². The van der Waals surface area contributed by atoms with Crippen molar-refractivity contribution in [2.45, 2.75) is 25.8 Å². The highest BCUT2D eigenvalue weighted by atomic mass is 16.5. The molecule has 2 aromatic rings. The molecule has 0 saturated carbocycles. The van der Waals surface area contributed by atoms with Crippen LogP contribution in [0.1, 0.15) is 47.3 Å². The van der Waals surface area contributed by atoms with Crippen LogP contribution in [0.5, 0.6) is 5.75 Å². The number of anilines is 1. The quantitative estimate of drug-likeness (QED) is 0.724. The number of aromatic nitrogens is 1. The summed E-state index contributed by atoms with van der Waals surface area (Å²) in [6.45, 7) is 2.42. The third-order valence-electron chi connectivity index (χ3n) is 5.28. The van der Waals surface area contributed by atoms with Crippen molar-refractivity contribution in [3.63, 3.8) is 0 Å². The molecule has 3 rings (SSSR count). The molecule has 0 aliphatic carbocycles. The van der Waals surface area contributed by atoms with Crippen LogP contribution in [0.2, 0.25) is 0 Å². The van der Waals surface area contributed by atoms with Crippen molar-refractivity contribution in [1.82, 2.24) is 9.88 Å². The topological polar surface area (TPSA) is 138 Å². The van der Waals surface area contributed by atoms with E-state index < -0.39 is 17.7 Å². The van der Waals surface area contributed by atoms with Crippen LogP contribution in [-0.4, -0.2) is 41.3 Å². The minimum absolute atomic E-state index is 0.122. The molecule has 31 heavy (non-hydrogen) atoms. The van der Waals surface area contributed by atoms with E-state index in [2.05, 4.69) is 16.4 Å². The predicted octanol–water partition coefficient (Wildman–Crippen LogP) is 2.00. The van der Waals surface area contributed by atoms with Crippen molar-refractivity contribution >= 4 is 23.4 Å². The first-order chi connectivity index (χ1) is 14.8. The van der Waals surface area contributed by atoms with Gasteiger partial charge in [-0.1, -0.05) is 13.0 Å². The third-order valence-corrected chi connectivity index (χ3v) is 5.28. The number of hydrogen-bond donors (Lipinski definition) is 2. The van der Waals surface area contributed by atoms with E-state index in [0.717, 1.165) is 12.0 Å². The summed E-state index contributed by atoms with van der Waals surface area (Å²) >= 11 is 0. The molecule has 1 fully saturated rings. The second kappa shape index (κ2) is 9.26. The lowest BCUT2D eigenvalue weighted by atomic mass is 9.89. The Labute approximate surface area is 179 Å². The van der Waals surface area contributed by atoms with Gasteiger partial charge in [0.15, 0.2) is 0 Å². The molecular weight excluding hydrogens is 398 g/mol. The van der Waals surface area contributed by atoms with Crippen LogP contribution in [0.25, 0.3) is 0 Å². The van der Waals surface area contributed by atoms with E-state index in [1.54, 1.807) is 18.2 Å². The lowest BCUT2D eigenvalue weighted by Crippen LogP contribution is -2.46. The summed E-state index contributed by atoms with van der Waals surface area (Å²) in [5, 5.41) is 11.9. The van der Waals surface area contributed by atoms with Gasteiger partial charge in [-0.3, -0.25) is 19.4 Å². The molecule has 0 spiro atoms. The molecule has 160 valence electrons. The third kappa shape index (κ3) is 4.80. The average molecular weight is 421 g/mol. The minimum Gasteiger partial charge on any atom is -0.495 e. The lowest BCUT2D eigenvalue weighted by Gasteiger charge is -2.38. The molecule has 0 radical (unpaired) electrons. The first-order valence-electron chi connectivity index (χ1n) is 9.78. The second-order valence-electron chi connectivity index (χ2n) is 7.51. The number of amides is 3. The number of ether oxygens (including phenoxy) is 1. The molecular formula is C22H23N5O4. The molecule has 1 aliphatic heterocycles. The van der Waals surface area contributed by atoms with Crippen molar-refractivity contribution in [2.24, 2.45) is 11.7 Å². The predicted molar refractivity (Wildman–Crippen MR) is 112 cm³/mol. The van der Waals surface area contributed by atoms with E-state index in [1.807, 2.05) is 6.92 Å². The van der Waals surface area contributed by atoms with Crippen molar-refractivity contribution < 1.29 is 19.1 Å². The number of primary amides is 1. The van der Waals surface area contributed by atoms with E-state index in [4.69, 9.17) is 10.5 Å². The first kappa shape index (κ1) is 21.8. The highest BCUT2D eigenvalue weighted by Crippen LogP contribution is 2.35. The molecule has 9 heteroatoms. The van der Waals surface area contributed by atoms with Crippen molar-refractivity contribution in [3.05, 3.63) is 53.3 Å². The second-order valence-corrected chi connectivity index (χ2v) is 7.51. The standard InChI is InChI=1S/C22H23N5O4/c1-13-3-5-18(14-4-6-19(31-2)15(7-14)9-23)27(12-13)22(30)21(29)26-17-8-16(20(24)28)10-25-11-17/h4,6-8,10-11,13,18H,3,5,12H2,1-2H3,(H2,24,28)(H,26,29)/t13-,18+/m0/s1. The Kier molecular flexibility index (Phi) is 6.50. The maximum Gasteiger partial charge on any atom is 0.313 e. The summed E-state index contributed by atoms with van der Waals surface area (Å²) in [6, 6.07) is 8.30.